The van der Waals surface area contributed by atoms with Crippen LogP contribution in [0.5, 0.6) is 0 Å². The first-order chi connectivity index (χ1) is 11.6. The molecule has 0 radical (unpaired) electrons. The minimum atomic E-state index is -3.46. The first kappa shape index (κ1) is 19.9. The average molecular weight is 368 g/mol. The van der Waals surface area contributed by atoms with Crippen molar-refractivity contribution in [3.05, 3.63) is 29.8 Å². The maximum atomic E-state index is 12.5. The van der Waals surface area contributed by atoms with Crippen LogP contribution in [0.4, 0.5) is 0 Å². The molecule has 0 bridgehead atoms. The monoisotopic (exact) mass is 368 g/mol. The van der Waals surface area contributed by atoms with Crippen molar-refractivity contribution in [1.82, 2.24) is 9.62 Å². The molecule has 1 aromatic rings. The minimum Gasteiger partial charge on any atom is -0.393 e. The van der Waals surface area contributed by atoms with Crippen LogP contribution in [0.25, 0.3) is 0 Å². The van der Waals surface area contributed by atoms with Crippen LogP contribution in [-0.2, 0) is 10.0 Å². The summed E-state index contributed by atoms with van der Waals surface area (Å²) in [5.41, 5.74) is 0.182. The van der Waals surface area contributed by atoms with Crippen molar-refractivity contribution in [2.24, 2.45) is 5.41 Å². The van der Waals surface area contributed by atoms with E-state index in [4.69, 9.17) is 0 Å². The van der Waals surface area contributed by atoms with Crippen molar-refractivity contribution in [2.45, 2.75) is 51.0 Å². The number of sulfonamides is 1. The Kier molecular flexibility index (Phi) is 6.24. The van der Waals surface area contributed by atoms with Gasteiger partial charge < -0.3 is 10.4 Å². The second-order valence-electron chi connectivity index (χ2n) is 7.56. The van der Waals surface area contributed by atoms with Crippen molar-refractivity contribution in [3.8, 4) is 0 Å². The fourth-order valence-electron chi connectivity index (χ4n) is 2.71. The number of benzene rings is 1. The van der Waals surface area contributed by atoms with Crippen LogP contribution < -0.4 is 5.32 Å². The molecule has 1 saturated heterocycles. The van der Waals surface area contributed by atoms with Crippen LogP contribution in [-0.4, -0.2) is 49.5 Å². The second-order valence-corrected chi connectivity index (χ2v) is 9.50. The third-order valence-electron chi connectivity index (χ3n) is 4.52. The lowest BCUT2D eigenvalue weighted by Crippen LogP contribution is -2.32. The van der Waals surface area contributed by atoms with Crippen LogP contribution in [0.3, 0.4) is 0 Å². The van der Waals surface area contributed by atoms with Gasteiger partial charge in [0.2, 0.25) is 10.0 Å². The molecule has 1 aromatic carbocycles. The molecule has 1 heterocycles. The van der Waals surface area contributed by atoms with Gasteiger partial charge in [0, 0.05) is 25.2 Å². The second kappa shape index (κ2) is 7.85. The standard InChI is InChI=1S/C18H28N2O4S/c1-18(2,3)16(21)10-11-19-17(22)14-6-8-15(9-7-14)25(23,24)20-12-4-5-13-20/h6-9,16,21H,4-5,10-13H2,1-3H3,(H,19,22). The summed E-state index contributed by atoms with van der Waals surface area (Å²) in [6, 6.07) is 6.01. The van der Waals surface area contributed by atoms with Crippen molar-refractivity contribution in [3.63, 3.8) is 0 Å². The Morgan fingerprint density at radius 1 is 1.20 bits per heavy atom. The zero-order valence-corrected chi connectivity index (χ0v) is 16.0. The SMILES string of the molecule is CC(C)(C)C(O)CCNC(=O)c1ccc(S(=O)(=O)N2CCCC2)cc1. The lowest BCUT2D eigenvalue weighted by Gasteiger charge is -2.25. The van der Waals surface area contributed by atoms with E-state index < -0.39 is 16.1 Å². The third kappa shape index (κ3) is 5.03. The fourth-order valence-corrected chi connectivity index (χ4v) is 4.23. The van der Waals surface area contributed by atoms with Gasteiger partial charge in [0.1, 0.15) is 0 Å². The highest BCUT2D eigenvalue weighted by Gasteiger charge is 2.27. The quantitative estimate of drug-likeness (QED) is 0.804. The molecule has 140 valence electrons. The summed E-state index contributed by atoms with van der Waals surface area (Å²) in [6.45, 7) is 7.31. The van der Waals surface area contributed by atoms with Crippen molar-refractivity contribution in [1.29, 1.82) is 0 Å². The van der Waals surface area contributed by atoms with Gasteiger partial charge in [-0.2, -0.15) is 4.31 Å². The Hall–Kier alpha value is -1.44. The number of aliphatic hydroxyl groups is 1. The molecule has 0 aromatic heterocycles. The maximum absolute atomic E-state index is 12.5. The molecule has 1 aliphatic rings. The molecule has 7 heteroatoms. The van der Waals surface area contributed by atoms with E-state index in [1.807, 2.05) is 20.8 Å². The average Bonchev–Trinajstić information content (AvgIpc) is 3.09. The van der Waals surface area contributed by atoms with E-state index >= 15 is 0 Å². The number of carbonyl (C=O) groups excluding carboxylic acids is 1. The highest BCUT2D eigenvalue weighted by molar-refractivity contribution is 7.89. The summed E-state index contributed by atoms with van der Waals surface area (Å²) in [7, 11) is -3.46. The summed E-state index contributed by atoms with van der Waals surface area (Å²) in [6.07, 6.45) is 1.75. The fraction of sp³-hybridized carbons (Fsp3) is 0.611. The molecule has 2 N–H and O–H groups in total. The van der Waals surface area contributed by atoms with E-state index in [2.05, 4.69) is 5.32 Å². The molecule has 0 saturated carbocycles. The largest absolute Gasteiger partial charge is 0.393 e. The molecule has 1 amide bonds. The van der Waals surface area contributed by atoms with Gasteiger partial charge in [-0.1, -0.05) is 20.8 Å². The van der Waals surface area contributed by atoms with E-state index in [1.165, 1.54) is 28.6 Å². The number of hydrogen-bond donors (Lipinski definition) is 2. The minimum absolute atomic E-state index is 0.217. The molecule has 1 unspecified atom stereocenters. The van der Waals surface area contributed by atoms with Gasteiger partial charge in [-0.05, 0) is 48.9 Å². The van der Waals surface area contributed by atoms with Crippen LogP contribution in [0.2, 0.25) is 0 Å². The molecule has 0 spiro atoms. The zero-order chi connectivity index (χ0) is 18.7. The van der Waals surface area contributed by atoms with E-state index in [1.54, 1.807) is 0 Å². The summed E-state index contributed by atoms with van der Waals surface area (Å²) in [5, 5.41) is 12.7. The zero-order valence-electron chi connectivity index (χ0n) is 15.2. The Morgan fingerprint density at radius 2 is 1.76 bits per heavy atom. The van der Waals surface area contributed by atoms with E-state index in [0.717, 1.165) is 12.8 Å². The highest BCUT2D eigenvalue weighted by atomic mass is 32.2. The van der Waals surface area contributed by atoms with Crippen molar-refractivity contribution >= 4 is 15.9 Å². The number of carbonyl (C=O) groups is 1. The van der Waals surface area contributed by atoms with E-state index in [9.17, 15) is 18.3 Å². The summed E-state index contributed by atoms with van der Waals surface area (Å²) in [5.74, 6) is -0.272. The van der Waals surface area contributed by atoms with E-state index in [0.29, 0.717) is 31.6 Å². The van der Waals surface area contributed by atoms with Crippen LogP contribution in [0.1, 0.15) is 50.4 Å². The first-order valence-corrected chi connectivity index (χ1v) is 10.1. The Morgan fingerprint density at radius 3 is 2.28 bits per heavy atom. The number of nitrogens with zero attached hydrogens (tertiary/aromatic N) is 1. The van der Waals surface area contributed by atoms with Gasteiger partial charge in [-0.25, -0.2) is 8.42 Å². The number of aliphatic hydroxyl groups excluding tert-OH is 1. The molecule has 2 rings (SSSR count). The number of hydrogen-bond acceptors (Lipinski definition) is 4. The van der Waals surface area contributed by atoms with Gasteiger partial charge in [-0.15, -0.1) is 0 Å². The predicted octanol–water partition coefficient (Wildman–Crippen LogP) is 2.00. The predicted molar refractivity (Wildman–Crippen MR) is 96.8 cm³/mol. The molecule has 25 heavy (non-hydrogen) atoms. The lowest BCUT2D eigenvalue weighted by molar-refractivity contribution is 0.0551. The molecule has 1 atom stereocenters. The Balaban J connectivity index is 1.94. The third-order valence-corrected chi connectivity index (χ3v) is 6.44. The number of amides is 1. The Labute approximate surface area is 150 Å². The highest BCUT2D eigenvalue weighted by Crippen LogP contribution is 2.22. The first-order valence-electron chi connectivity index (χ1n) is 8.69. The van der Waals surface area contributed by atoms with Gasteiger partial charge in [0.15, 0.2) is 0 Å². The molecule has 1 fully saturated rings. The normalized spacial score (nSPS) is 17.4. The smallest absolute Gasteiger partial charge is 0.251 e. The van der Waals surface area contributed by atoms with E-state index in [-0.39, 0.29) is 16.2 Å². The summed E-state index contributed by atoms with van der Waals surface area (Å²) in [4.78, 5) is 12.4. The lowest BCUT2D eigenvalue weighted by atomic mass is 9.87. The van der Waals surface area contributed by atoms with Gasteiger partial charge in [0.05, 0.1) is 11.0 Å². The maximum Gasteiger partial charge on any atom is 0.251 e. The van der Waals surface area contributed by atoms with Gasteiger partial charge in [0.25, 0.3) is 5.91 Å². The van der Waals surface area contributed by atoms with Gasteiger partial charge >= 0.3 is 0 Å². The molecule has 0 aliphatic carbocycles. The Bertz CT molecular complexity index is 687. The van der Waals surface area contributed by atoms with Crippen LogP contribution in [0, 0.1) is 5.41 Å². The molecular formula is C18H28N2O4S. The summed E-state index contributed by atoms with van der Waals surface area (Å²) < 4.78 is 26.4. The molecular weight excluding hydrogens is 340 g/mol. The summed E-state index contributed by atoms with van der Waals surface area (Å²) >= 11 is 0. The van der Waals surface area contributed by atoms with Crippen LogP contribution >= 0.6 is 0 Å². The van der Waals surface area contributed by atoms with Crippen molar-refractivity contribution in [2.75, 3.05) is 19.6 Å². The van der Waals surface area contributed by atoms with Crippen LogP contribution in [0.15, 0.2) is 29.2 Å². The topological polar surface area (TPSA) is 86.7 Å². The number of nitrogens with one attached hydrogen (secondary N) is 1. The molecule has 1 aliphatic heterocycles. The number of rotatable bonds is 6. The molecule has 6 nitrogen and oxygen atoms in total. The van der Waals surface area contributed by atoms with Crippen molar-refractivity contribution < 1.29 is 18.3 Å². The van der Waals surface area contributed by atoms with Gasteiger partial charge in [-0.3, -0.25) is 4.79 Å².